The highest BCUT2D eigenvalue weighted by molar-refractivity contribution is 5.74. The molecule has 1 heterocycles. The van der Waals surface area contributed by atoms with Crippen LogP contribution in [0.2, 0.25) is 0 Å². The first kappa shape index (κ1) is 36.2. The van der Waals surface area contributed by atoms with Crippen molar-refractivity contribution in [2.24, 2.45) is 50.2 Å². The Bertz CT molecular complexity index is 1330. The molecule has 4 saturated carbocycles. The molecule has 1 saturated heterocycles. The van der Waals surface area contributed by atoms with E-state index < -0.39 is 71.1 Å². The number of aliphatic carboxylic acids is 1. The number of rotatable bonds is 5. The van der Waals surface area contributed by atoms with E-state index in [1.54, 1.807) is 6.92 Å². The van der Waals surface area contributed by atoms with Crippen molar-refractivity contribution in [2.45, 2.75) is 156 Å². The Kier molecular flexibility index (Phi) is 8.86. The van der Waals surface area contributed by atoms with E-state index in [-0.39, 0.29) is 47.0 Å². The number of fused-ring (bicyclic) bond motifs is 7. The second-order valence-electron chi connectivity index (χ2n) is 18.3. The molecule has 0 radical (unpaired) electrons. The van der Waals surface area contributed by atoms with E-state index in [4.69, 9.17) is 14.2 Å². The summed E-state index contributed by atoms with van der Waals surface area (Å²) in [7, 11) is 0. The fourth-order valence-electron chi connectivity index (χ4n) is 12.3. The van der Waals surface area contributed by atoms with Gasteiger partial charge in [-0.05, 0) is 99.2 Å². The molecule has 0 bridgehead atoms. The van der Waals surface area contributed by atoms with Gasteiger partial charge in [-0.25, -0.2) is 0 Å². The van der Waals surface area contributed by atoms with Crippen LogP contribution in [0.5, 0.6) is 0 Å². The van der Waals surface area contributed by atoms with Crippen molar-refractivity contribution < 1.29 is 49.3 Å². The minimum atomic E-state index is -1.46. The summed E-state index contributed by atoms with van der Waals surface area (Å²) in [5, 5.41) is 55.5. The van der Waals surface area contributed by atoms with Gasteiger partial charge in [-0.1, -0.05) is 46.3 Å². The minimum Gasteiger partial charge on any atom is -0.481 e. The van der Waals surface area contributed by atoms with Crippen molar-refractivity contribution >= 4 is 11.9 Å². The van der Waals surface area contributed by atoms with Gasteiger partial charge >= 0.3 is 11.9 Å². The van der Waals surface area contributed by atoms with Crippen molar-refractivity contribution in [3.8, 4) is 0 Å². The zero-order valence-electron chi connectivity index (χ0n) is 30.2. The molecule has 0 aromatic rings. The zero-order chi connectivity index (χ0) is 35.4. The number of esters is 1. The fourth-order valence-corrected chi connectivity index (χ4v) is 12.3. The minimum absolute atomic E-state index is 0.0521. The molecule has 0 unspecified atom stereocenters. The first-order valence-electron chi connectivity index (χ1n) is 18.3. The third-order valence-corrected chi connectivity index (χ3v) is 15.9. The number of aliphatic hydroxyl groups excluding tert-OH is 4. The van der Waals surface area contributed by atoms with Gasteiger partial charge in [0.15, 0.2) is 12.4 Å². The van der Waals surface area contributed by atoms with E-state index in [1.165, 1.54) is 12.5 Å². The van der Waals surface area contributed by atoms with Crippen LogP contribution < -0.4 is 0 Å². The van der Waals surface area contributed by atoms with Crippen molar-refractivity contribution in [1.29, 1.82) is 0 Å². The van der Waals surface area contributed by atoms with Crippen LogP contribution in [0.25, 0.3) is 0 Å². The second kappa shape index (κ2) is 11.7. The maximum Gasteiger partial charge on any atom is 0.309 e. The topological polar surface area (TPSA) is 163 Å². The average molecular weight is 677 g/mol. The van der Waals surface area contributed by atoms with E-state index in [2.05, 4.69) is 33.8 Å². The Morgan fingerprint density at radius 3 is 2.23 bits per heavy atom. The molecule has 6 aliphatic rings. The van der Waals surface area contributed by atoms with Gasteiger partial charge in [-0.3, -0.25) is 9.59 Å². The van der Waals surface area contributed by atoms with Crippen LogP contribution in [0, 0.1) is 50.2 Å². The van der Waals surface area contributed by atoms with Crippen LogP contribution in [0.1, 0.15) is 113 Å². The Hall–Kier alpha value is -1.56. The van der Waals surface area contributed by atoms with E-state index >= 15 is 0 Å². The smallest absolute Gasteiger partial charge is 0.309 e. The summed E-state index contributed by atoms with van der Waals surface area (Å²) >= 11 is 0. The number of carbonyl (C=O) groups is 2. The molecule has 5 N–H and O–H groups in total. The number of allylic oxidation sites excluding steroid dienone is 2. The Labute approximate surface area is 285 Å². The van der Waals surface area contributed by atoms with Crippen LogP contribution in [0.3, 0.4) is 0 Å². The van der Waals surface area contributed by atoms with Crippen LogP contribution in [0.15, 0.2) is 11.6 Å². The molecule has 6 rings (SSSR count). The molecule has 0 aromatic heterocycles. The molecule has 10 nitrogen and oxygen atoms in total. The summed E-state index contributed by atoms with van der Waals surface area (Å²) in [4.78, 5) is 24.0. The molecule has 0 spiro atoms. The molecule has 0 amide bonds. The number of carboxylic acid groups (broad SMARTS) is 1. The normalized spacial score (nSPS) is 54.9. The molecular formula is C38H60O10. The summed E-state index contributed by atoms with van der Waals surface area (Å²) in [5.74, 6) is -1.04. The number of carbonyl (C=O) groups excluding carboxylic acids is 1. The van der Waals surface area contributed by atoms with Gasteiger partial charge in [0.2, 0.25) is 0 Å². The van der Waals surface area contributed by atoms with Crippen LogP contribution in [0.4, 0.5) is 0 Å². The van der Waals surface area contributed by atoms with Gasteiger partial charge < -0.3 is 39.7 Å². The molecule has 0 aromatic carbocycles. The molecule has 272 valence electrons. The Balaban J connectivity index is 1.29. The lowest BCUT2D eigenvalue weighted by Crippen LogP contribution is -2.69. The lowest BCUT2D eigenvalue weighted by molar-refractivity contribution is -0.315. The highest BCUT2D eigenvalue weighted by Gasteiger charge is 2.71. The molecule has 10 heteroatoms. The van der Waals surface area contributed by atoms with Crippen molar-refractivity contribution in [3.63, 3.8) is 0 Å². The Morgan fingerprint density at radius 1 is 0.917 bits per heavy atom. The molecular weight excluding hydrogens is 616 g/mol. The predicted molar refractivity (Wildman–Crippen MR) is 176 cm³/mol. The molecule has 5 aliphatic carbocycles. The number of hydrogen-bond acceptors (Lipinski definition) is 9. The number of hydrogen-bond donors (Lipinski definition) is 5. The maximum atomic E-state index is 12.4. The summed E-state index contributed by atoms with van der Waals surface area (Å²) in [6.45, 7) is 16.3. The lowest BCUT2D eigenvalue weighted by Gasteiger charge is -2.72. The lowest BCUT2D eigenvalue weighted by atomic mass is 9.33. The van der Waals surface area contributed by atoms with E-state index in [1.807, 2.05) is 13.8 Å². The average Bonchev–Trinajstić information content (AvgIpc) is 3.00. The molecule has 1 aliphatic heterocycles. The summed E-state index contributed by atoms with van der Waals surface area (Å²) in [6.07, 6.45) is 2.12. The molecule has 48 heavy (non-hydrogen) atoms. The van der Waals surface area contributed by atoms with E-state index in [0.29, 0.717) is 12.8 Å². The Morgan fingerprint density at radius 2 is 1.58 bits per heavy atom. The van der Waals surface area contributed by atoms with Crippen molar-refractivity contribution in [3.05, 3.63) is 11.6 Å². The summed E-state index contributed by atoms with van der Waals surface area (Å²) in [6, 6.07) is 0. The van der Waals surface area contributed by atoms with Gasteiger partial charge in [0.1, 0.15) is 12.2 Å². The van der Waals surface area contributed by atoms with Gasteiger partial charge in [-0.2, -0.15) is 0 Å². The van der Waals surface area contributed by atoms with Gasteiger partial charge in [0.05, 0.1) is 30.3 Å². The summed E-state index contributed by atoms with van der Waals surface area (Å²) in [5.41, 5.74) is -0.807. The maximum absolute atomic E-state index is 12.4. The third-order valence-electron chi connectivity index (χ3n) is 15.9. The quantitative estimate of drug-likeness (QED) is 0.206. The van der Waals surface area contributed by atoms with Crippen molar-refractivity contribution in [1.82, 2.24) is 0 Å². The number of ether oxygens (including phenoxy) is 3. The number of aliphatic hydroxyl groups is 4. The molecule has 16 atom stereocenters. The van der Waals surface area contributed by atoms with Gasteiger partial charge in [0, 0.05) is 24.2 Å². The first-order valence-corrected chi connectivity index (χ1v) is 18.3. The summed E-state index contributed by atoms with van der Waals surface area (Å²) < 4.78 is 17.3. The predicted octanol–water partition coefficient (Wildman–Crippen LogP) is 4.60. The standard InChI is InChI=1S/C38H60O10/c1-20-30(48-21(2)39)28(42)29(43)31(47-20)46-19-35(5)24-11-12-37(7)25(38(24,8)27(41)17-26(35)40)10-9-22-23-18-34(4,32(44)45)14-13-33(23,3)15-16-36(22,37)6/h9,20,23-31,40-43H,10-19H2,1-8H3,(H,44,45)/t20-,23-,24-,25+,26-,27-,28-,29+,30-,31+,33+,34+,35-,36+,37+,38-/m0/s1. The van der Waals surface area contributed by atoms with Crippen LogP contribution in [-0.4, -0.2) is 87.0 Å². The molecule has 5 fully saturated rings. The van der Waals surface area contributed by atoms with Crippen LogP contribution in [-0.2, 0) is 23.8 Å². The monoisotopic (exact) mass is 676 g/mol. The highest BCUT2D eigenvalue weighted by Crippen LogP contribution is 2.75. The third kappa shape index (κ3) is 5.01. The SMILES string of the molecule is CC(=O)O[C@@H]1[C@@H](O)[C@@H](O)[C@H](OC[C@]2(C)[C@@H](O)C[C@H](O)[C@@]3(C)[C@H]2CC[C@]2(C)[C@H]3CC=C3[C@@H]4C[C@](C)(C(=O)O)CC[C@]4(C)CC[C@]32C)O[C@H]1C. The van der Waals surface area contributed by atoms with Gasteiger partial charge in [0.25, 0.3) is 0 Å². The van der Waals surface area contributed by atoms with E-state index in [0.717, 1.165) is 38.5 Å². The van der Waals surface area contributed by atoms with Gasteiger partial charge in [-0.15, -0.1) is 0 Å². The zero-order valence-corrected chi connectivity index (χ0v) is 30.2. The fraction of sp³-hybridized carbons (Fsp3) is 0.895. The second-order valence-corrected chi connectivity index (χ2v) is 18.3. The van der Waals surface area contributed by atoms with E-state index in [9.17, 15) is 35.1 Å². The number of carboxylic acids is 1. The van der Waals surface area contributed by atoms with Crippen LogP contribution >= 0.6 is 0 Å². The van der Waals surface area contributed by atoms with Crippen molar-refractivity contribution in [2.75, 3.05) is 6.61 Å². The largest absolute Gasteiger partial charge is 0.481 e. The first-order chi connectivity index (χ1) is 22.2. The highest BCUT2D eigenvalue weighted by atomic mass is 16.7.